The Morgan fingerprint density at radius 2 is 1.88 bits per heavy atom. The largest absolute Gasteiger partial charge is 0.379 e. The van der Waals surface area contributed by atoms with E-state index in [1.165, 1.54) is 11.1 Å². The Morgan fingerprint density at radius 3 is 2.50 bits per heavy atom. The van der Waals surface area contributed by atoms with Gasteiger partial charge < -0.3 is 15.4 Å². The maximum absolute atomic E-state index is 5.53. The lowest BCUT2D eigenvalue weighted by Gasteiger charge is -2.38. The zero-order chi connectivity index (χ0) is 18.2. The summed E-state index contributed by atoms with van der Waals surface area (Å²) in [6.45, 7) is 13.2. The van der Waals surface area contributed by atoms with Crippen LogP contribution in [0.3, 0.4) is 0 Å². The van der Waals surface area contributed by atoms with Gasteiger partial charge in [-0.1, -0.05) is 36.8 Å². The van der Waals surface area contributed by atoms with Crippen molar-refractivity contribution in [3.63, 3.8) is 0 Å². The van der Waals surface area contributed by atoms with Crippen molar-refractivity contribution in [1.29, 1.82) is 0 Å². The molecule has 1 aromatic rings. The van der Waals surface area contributed by atoms with Crippen molar-refractivity contribution < 1.29 is 4.74 Å². The van der Waals surface area contributed by atoms with Gasteiger partial charge in [-0.3, -0.25) is 9.89 Å². The number of rotatable bonds is 6. The number of hydrogen-bond donors (Lipinski definition) is 2. The molecule has 26 heavy (non-hydrogen) atoms. The number of nitrogens with zero attached hydrogens (tertiary/aromatic N) is 2. The first-order valence-corrected chi connectivity index (χ1v) is 9.35. The summed E-state index contributed by atoms with van der Waals surface area (Å²) >= 11 is 0. The molecule has 2 N–H and O–H groups in total. The van der Waals surface area contributed by atoms with E-state index >= 15 is 0 Å². The molecule has 1 heterocycles. The zero-order valence-corrected chi connectivity index (χ0v) is 19.1. The highest BCUT2D eigenvalue weighted by Crippen LogP contribution is 2.14. The number of halogens is 1. The average molecular weight is 474 g/mol. The van der Waals surface area contributed by atoms with E-state index in [2.05, 4.69) is 72.5 Å². The third-order valence-electron chi connectivity index (χ3n) is 5.00. The summed E-state index contributed by atoms with van der Waals surface area (Å²) in [5.41, 5.74) is 2.65. The van der Waals surface area contributed by atoms with Gasteiger partial charge in [0.2, 0.25) is 0 Å². The third-order valence-corrected chi connectivity index (χ3v) is 5.00. The van der Waals surface area contributed by atoms with E-state index in [0.717, 1.165) is 38.8 Å². The minimum absolute atomic E-state index is 0. The summed E-state index contributed by atoms with van der Waals surface area (Å²) in [6.07, 6.45) is 0. The van der Waals surface area contributed by atoms with Gasteiger partial charge in [-0.25, -0.2) is 0 Å². The molecule has 1 saturated heterocycles. The van der Waals surface area contributed by atoms with Crippen LogP contribution in [0.2, 0.25) is 0 Å². The van der Waals surface area contributed by atoms with Crippen LogP contribution in [0.4, 0.5) is 0 Å². The second kappa shape index (κ2) is 11.8. The average Bonchev–Trinajstić information content (AvgIpc) is 2.62. The summed E-state index contributed by atoms with van der Waals surface area (Å²) in [7, 11) is 1.83. The highest BCUT2D eigenvalue weighted by Gasteiger charge is 2.23. The minimum Gasteiger partial charge on any atom is -0.379 e. The highest BCUT2D eigenvalue weighted by molar-refractivity contribution is 14.0. The van der Waals surface area contributed by atoms with Gasteiger partial charge in [0.05, 0.1) is 13.2 Å². The van der Waals surface area contributed by atoms with Gasteiger partial charge >= 0.3 is 0 Å². The maximum Gasteiger partial charge on any atom is 0.191 e. The molecule has 0 spiro atoms. The lowest BCUT2D eigenvalue weighted by Crippen LogP contribution is -2.53. The lowest BCUT2D eigenvalue weighted by atomic mass is 10.0. The molecular formula is C20H35IN4O. The molecule has 0 amide bonds. The standard InChI is InChI=1S/C20H34N4O.HI/c1-15-6-8-19(9-7-15)16(2)12-22-20(21-5)23-13-17(3)24-10-11-25-14-18(24)4;/h6-9,16-18H,10-14H2,1-5H3,(H2,21,22,23);1H. The van der Waals surface area contributed by atoms with Crippen LogP contribution >= 0.6 is 24.0 Å². The molecule has 2 rings (SSSR count). The van der Waals surface area contributed by atoms with Crippen LogP contribution in [0.15, 0.2) is 29.3 Å². The molecule has 0 radical (unpaired) electrons. The lowest BCUT2D eigenvalue weighted by molar-refractivity contribution is -0.0174. The van der Waals surface area contributed by atoms with Crippen LogP contribution in [0.25, 0.3) is 0 Å². The van der Waals surface area contributed by atoms with Crippen molar-refractivity contribution >= 4 is 29.9 Å². The van der Waals surface area contributed by atoms with Gasteiger partial charge in [0.25, 0.3) is 0 Å². The molecule has 5 nitrogen and oxygen atoms in total. The van der Waals surface area contributed by atoms with Crippen LogP contribution in [-0.4, -0.2) is 62.8 Å². The summed E-state index contributed by atoms with van der Waals surface area (Å²) in [6, 6.07) is 9.68. The van der Waals surface area contributed by atoms with Gasteiger partial charge in [-0.05, 0) is 32.3 Å². The quantitative estimate of drug-likeness (QED) is 0.378. The van der Waals surface area contributed by atoms with Crippen LogP contribution in [0.1, 0.15) is 37.8 Å². The molecule has 3 unspecified atom stereocenters. The molecule has 1 aliphatic heterocycles. The van der Waals surface area contributed by atoms with Gasteiger partial charge in [-0.15, -0.1) is 24.0 Å². The zero-order valence-electron chi connectivity index (χ0n) is 16.8. The number of benzene rings is 1. The molecule has 3 atom stereocenters. The Hall–Kier alpha value is -0.860. The van der Waals surface area contributed by atoms with Crippen LogP contribution < -0.4 is 10.6 Å². The summed E-state index contributed by atoms with van der Waals surface area (Å²) in [5.74, 6) is 1.31. The van der Waals surface area contributed by atoms with Crippen molar-refractivity contribution in [2.75, 3.05) is 39.9 Å². The van der Waals surface area contributed by atoms with E-state index in [-0.39, 0.29) is 24.0 Å². The van der Waals surface area contributed by atoms with Crippen molar-refractivity contribution in [2.24, 2.45) is 4.99 Å². The Balaban J connectivity index is 0.00000338. The first-order valence-electron chi connectivity index (χ1n) is 9.35. The molecule has 0 aromatic heterocycles. The van der Waals surface area contributed by atoms with E-state index in [1.54, 1.807) is 0 Å². The number of guanidine groups is 1. The normalized spacial score (nSPS) is 20.8. The fourth-order valence-corrected chi connectivity index (χ4v) is 3.24. The Labute approximate surface area is 176 Å². The fourth-order valence-electron chi connectivity index (χ4n) is 3.24. The molecule has 0 saturated carbocycles. The van der Waals surface area contributed by atoms with Crippen molar-refractivity contribution in [3.05, 3.63) is 35.4 Å². The molecule has 0 bridgehead atoms. The number of ether oxygens (including phenoxy) is 1. The third kappa shape index (κ3) is 7.04. The predicted octanol–water partition coefficient (Wildman–Crippen LogP) is 2.99. The molecule has 1 fully saturated rings. The second-order valence-electron chi connectivity index (χ2n) is 7.16. The molecular weight excluding hydrogens is 439 g/mol. The molecule has 0 aliphatic carbocycles. The Morgan fingerprint density at radius 1 is 1.23 bits per heavy atom. The maximum atomic E-state index is 5.53. The van der Waals surface area contributed by atoms with Gasteiger partial charge in [0, 0.05) is 38.8 Å². The molecule has 1 aliphatic rings. The predicted molar refractivity (Wildman–Crippen MR) is 121 cm³/mol. The topological polar surface area (TPSA) is 48.9 Å². The van der Waals surface area contributed by atoms with Crippen LogP contribution in [-0.2, 0) is 4.74 Å². The van der Waals surface area contributed by atoms with Crippen LogP contribution in [0, 0.1) is 6.92 Å². The summed E-state index contributed by atoms with van der Waals surface area (Å²) < 4.78 is 5.53. The van der Waals surface area contributed by atoms with Gasteiger partial charge in [-0.2, -0.15) is 0 Å². The van der Waals surface area contributed by atoms with Crippen molar-refractivity contribution in [1.82, 2.24) is 15.5 Å². The van der Waals surface area contributed by atoms with Gasteiger partial charge in [0.1, 0.15) is 0 Å². The fraction of sp³-hybridized carbons (Fsp3) is 0.650. The van der Waals surface area contributed by atoms with E-state index in [4.69, 9.17) is 4.74 Å². The van der Waals surface area contributed by atoms with Crippen LogP contribution in [0.5, 0.6) is 0 Å². The number of aliphatic imine (C=N–C) groups is 1. The first kappa shape index (κ1) is 23.2. The highest BCUT2D eigenvalue weighted by atomic mass is 127. The summed E-state index contributed by atoms with van der Waals surface area (Å²) in [5, 5.41) is 6.91. The number of nitrogens with one attached hydrogen (secondary N) is 2. The minimum atomic E-state index is 0. The van der Waals surface area contributed by atoms with E-state index < -0.39 is 0 Å². The second-order valence-corrected chi connectivity index (χ2v) is 7.16. The van der Waals surface area contributed by atoms with Gasteiger partial charge in [0.15, 0.2) is 5.96 Å². The number of aryl methyl sites for hydroxylation is 1. The van der Waals surface area contributed by atoms with Crippen molar-refractivity contribution in [2.45, 2.75) is 45.7 Å². The molecule has 148 valence electrons. The SMILES string of the molecule is CN=C(NCC(C)c1ccc(C)cc1)NCC(C)N1CCOCC1C.I. The smallest absolute Gasteiger partial charge is 0.191 e. The van der Waals surface area contributed by atoms with Crippen molar-refractivity contribution in [3.8, 4) is 0 Å². The molecule has 6 heteroatoms. The first-order chi connectivity index (χ1) is 12.0. The number of hydrogen-bond acceptors (Lipinski definition) is 3. The number of morpholine rings is 1. The Bertz CT molecular complexity index is 549. The van der Waals surface area contributed by atoms with E-state index in [1.807, 2.05) is 7.05 Å². The summed E-state index contributed by atoms with van der Waals surface area (Å²) in [4.78, 5) is 6.85. The van der Waals surface area contributed by atoms with E-state index in [0.29, 0.717) is 18.0 Å². The monoisotopic (exact) mass is 474 g/mol. The Kier molecular flexibility index (Phi) is 10.5. The van der Waals surface area contributed by atoms with E-state index in [9.17, 15) is 0 Å². The molecule has 1 aromatic carbocycles.